The number of likely N-dealkylation sites (tertiary alicyclic amines) is 1. The lowest BCUT2D eigenvalue weighted by atomic mass is 9.91. The highest BCUT2D eigenvalue weighted by Crippen LogP contribution is 2.37. The van der Waals surface area contributed by atoms with Crippen molar-refractivity contribution < 1.29 is 19.0 Å². The number of amides is 1. The second-order valence-corrected chi connectivity index (χ2v) is 10.9. The second-order valence-electron chi connectivity index (χ2n) is 10.9. The summed E-state index contributed by atoms with van der Waals surface area (Å²) in [5.74, 6) is 0.687. The second kappa shape index (κ2) is 9.29. The van der Waals surface area contributed by atoms with Gasteiger partial charge in [0.2, 0.25) is 5.88 Å². The number of ether oxygens (including phenoxy) is 3. The van der Waals surface area contributed by atoms with Gasteiger partial charge in [0, 0.05) is 56.0 Å². The summed E-state index contributed by atoms with van der Waals surface area (Å²) in [4.78, 5) is 21.4. The van der Waals surface area contributed by atoms with Gasteiger partial charge < -0.3 is 29.3 Å². The molecule has 2 bridgehead atoms. The molecule has 4 aliphatic rings. The van der Waals surface area contributed by atoms with E-state index in [0.29, 0.717) is 43.3 Å². The minimum absolute atomic E-state index is 0.181. The molecule has 3 saturated heterocycles. The molecule has 1 aromatic heterocycles. The number of rotatable bonds is 5. The average molecular weight is 459 g/mol. The van der Waals surface area contributed by atoms with E-state index >= 15 is 0 Å². The number of nitrogens with zero attached hydrogens (tertiary/aromatic N) is 3. The van der Waals surface area contributed by atoms with Gasteiger partial charge in [-0.05, 0) is 65.6 Å². The summed E-state index contributed by atoms with van der Waals surface area (Å²) >= 11 is 0. The molecule has 1 aliphatic carbocycles. The molecule has 1 N–H and O–H groups in total. The third-order valence-electron chi connectivity index (χ3n) is 7.16. The van der Waals surface area contributed by atoms with Gasteiger partial charge >= 0.3 is 6.09 Å². The Kier molecular flexibility index (Phi) is 6.40. The first-order valence-electron chi connectivity index (χ1n) is 12.6. The minimum atomic E-state index is -0.468. The molecule has 1 amide bonds. The topological polar surface area (TPSA) is 76.2 Å². The molecule has 5 rings (SSSR count). The molecular formula is C25H38N4O4. The van der Waals surface area contributed by atoms with Crippen LogP contribution in [-0.2, 0) is 9.47 Å². The Hall–Kier alpha value is -2.06. The van der Waals surface area contributed by atoms with E-state index in [0.717, 1.165) is 57.3 Å². The molecule has 2 unspecified atom stereocenters. The normalized spacial score (nSPS) is 30.2. The smallest absolute Gasteiger partial charge is 0.410 e. The number of hydrogen-bond acceptors (Lipinski definition) is 7. The molecule has 8 heteroatoms. The van der Waals surface area contributed by atoms with Crippen molar-refractivity contribution in [2.75, 3.05) is 31.1 Å². The molecule has 0 radical (unpaired) electrons. The van der Waals surface area contributed by atoms with Crippen LogP contribution in [0.15, 0.2) is 18.3 Å². The largest absolute Gasteiger partial charge is 0.474 e. The number of aromatic nitrogens is 1. The molecule has 182 valence electrons. The van der Waals surface area contributed by atoms with Crippen molar-refractivity contribution in [3.63, 3.8) is 0 Å². The lowest BCUT2D eigenvalue weighted by molar-refractivity contribution is -0.103. The highest BCUT2D eigenvalue weighted by Gasteiger charge is 2.43. The number of hydrogen-bond donors (Lipinski definition) is 1. The van der Waals surface area contributed by atoms with Crippen molar-refractivity contribution in [1.29, 1.82) is 0 Å². The number of carbonyl (C=O) groups excluding carboxylic acids is 1. The first-order valence-corrected chi connectivity index (χ1v) is 12.6. The maximum absolute atomic E-state index is 12.6. The number of fused-ring (bicyclic) bond motifs is 2. The van der Waals surface area contributed by atoms with Crippen LogP contribution >= 0.6 is 0 Å². The van der Waals surface area contributed by atoms with E-state index in [-0.39, 0.29) is 12.2 Å². The van der Waals surface area contributed by atoms with E-state index in [4.69, 9.17) is 14.2 Å². The lowest BCUT2D eigenvalue weighted by Gasteiger charge is -2.42. The molecule has 4 heterocycles. The van der Waals surface area contributed by atoms with Crippen LogP contribution in [0.4, 0.5) is 10.5 Å². The van der Waals surface area contributed by atoms with Gasteiger partial charge in [0.25, 0.3) is 0 Å². The van der Waals surface area contributed by atoms with Gasteiger partial charge in [-0.15, -0.1) is 0 Å². The summed E-state index contributed by atoms with van der Waals surface area (Å²) in [5, 5.41) is 3.38. The van der Waals surface area contributed by atoms with E-state index in [1.807, 2.05) is 31.9 Å². The van der Waals surface area contributed by atoms with E-state index < -0.39 is 5.60 Å². The Morgan fingerprint density at radius 3 is 2.39 bits per heavy atom. The third kappa shape index (κ3) is 5.38. The number of anilines is 1. The zero-order valence-corrected chi connectivity index (χ0v) is 20.2. The Bertz CT molecular complexity index is 818. The first kappa shape index (κ1) is 22.7. The standard InChI is InChI=1S/C25H38N4O4/c1-25(2,3)33-24(30)28-15-18-4-5-19(16-28)29(18)17-6-11-27-23(12-17)32-22-13-21(14-22)31-20-7-9-26-10-8-20/h6,11-12,18-22,26H,4-5,7-10,13-16H2,1-3H3. The Labute approximate surface area is 196 Å². The van der Waals surface area contributed by atoms with Gasteiger partial charge in [0.1, 0.15) is 11.7 Å². The van der Waals surface area contributed by atoms with E-state index in [2.05, 4.69) is 27.3 Å². The molecule has 1 saturated carbocycles. The predicted molar refractivity (Wildman–Crippen MR) is 126 cm³/mol. The van der Waals surface area contributed by atoms with Crippen LogP contribution in [0.3, 0.4) is 0 Å². The molecular weight excluding hydrogens is 420 g/mol. The van der Waals surface area contributed by atoms with Crippen LogP contribution in [0.5, 0.6) is 5.88 Å². The molecule has 33 heavy (non-hydrogen) atoms. The number of piperazine rings is 1. The van der Waals surface area contributed by atoms with Crippen LogP contribution in [0.25, 0.3) is 0 Å². The number of carbonyl (C=O) groups is 1. The number of nitrogens with one attached hydrogen (secondary N) is 1. The summed E-state index contributed by atoms with van der Waals surface area (Å²) in [6.07, 6.45) is 8.79. The van der Waals surface area contributed by atoms with Crippen molar-refractivity contribution in [1.82, 2.24) is 15.2 Å². The van der Waals surface area contributed by atoms with Gasteiger partial charge in [0.05, 0.1) is 12.2 Å². The van der Waals surface area contributed by atoms with Gasteiger partial charge in [-0.25, -0.2) is 9.78 Å². The zero-order chi connectivity index (χ0) is 23.0. The highest BCUT2D eigenvalue weighted by atomic mass is 16.6. The Morgan fingerprint density at radius 1 is 1.03 bits per heavy atom. The molecule has 8 nitrogen and oxygen atoms in total. The summed E-state index contributed by atoms with van der Waals surface area (Å²) in [7, 11) is 0. The van der Waals surface area contributed by atoms with E-state index in [9.17, 15) is 4.79 Å². The van der Waals surface area contributed by atoms with Crippen molar-refractivity contribution in [2.24, 2.45) is 0 Å². The van der Waals surface area contributed by atoms with E-state index in [1.165, 1.54) is 0 Å². The maximum Gasteiger partial charge on any atom is 0.410 e. The minimum Gasteiger partial charge on any atom is -0.474 e. The predicted octanol–water partition coefficient (Wildman–Crippen LogP) is 3.35. The molecule has 0 aromatic carbocycles. The van der Waals surface area contributed by atoms with E-state index in [1.54, 1.807) is 0 Å². The molecule has 3 aliphatic heterocycles. The van der Waals surface area contributed by atoms with Gasteiger partial charge in [-0.3, -0.25) is 0 Å². The van der Waals surface area contributed by atoms with Crippen molar-refractivity contribution >= 4 is 11.8 Å². The van der Waals surface area contributed by atoms with Crippen LogP contribution < -0.4 is 15.0 Å². The maximum atomic E-state index is 12.6. The molecule has 1 aromatic rings. The summed E-state index contributed by atoms with van der Waals surface area (Å²) in [5.41, 5.74) is 0.669. The molecule has 4 fully saturated rings. The van der Waals surface area contributed by atoms with Gasteiger partial charge in [-0.2, -0.15) is 0 Å². The van der Waals surface area contributed by atoms with Gasteiger partial charge in [0.15, 0.2) is 0 Å². The Morgan fingerprint density at radius 2 is 1.73 bits per heavy atom. The first-order chi connectivity index (χ1) is 15.8. The summed E-state index contributed by atoms with van der Waals surface area (Å²) < 4.78 is 18.0. The van der Waals surface area contributed by atoms with Crippen molar-refractivity contribution in [3.8, 4) is 5.88 Å². The number of piperidine rings is 1. The fourth-order valence-corrected chi connectivity index (χ4v) is 5.52. The SMILES string of the molecule is CC(C)(C)OC(=O)N1CC2CCC(C1)N2c1ccnc(OC2CC(OC3CCNCC3)C2)c1. The third-order valence-corrected chi connectivity index (χ3v) is 7.16. The number of pyridine rings is 1. The van der Waals surface area contributed by atoms with Crippen LogP contribution in [0, 0.1) is 0 Å². The zero-order valence-electron chi connectivity index (χ0n) is 20.2. The molecule has 0 spiro atoms. The van der Waals surface area contributed by atoms with Crippen LogP contribution in [0.1, 0.15) is 59.3 Å². The highest BCUT2D eigenvalue weighted by molar-refractivity contribution is 5.69. The van der Waals surface area contributed by atoms with Gasteiger partial charge in [-0.1, -0.05) is 0 Å². The van der Waals surface area contributed by atoms with Crippen LogP contribution in [0.2, 0.25) is 0 Å². The fraction of sp³-hybridized carbons (Fsp3) is 0.760. The quantitative estimate of drug-likeness (QED) is 0.725. The average Bonchev–Trinajstić information content (AvgIpc) is 3.01. The Balaban J connectivity index is 1.15. The fourth-order valence-electron chi connectivity index (χ4n) is 5.52. The summed E-state index contributed by atoms with van der Waals surface area (Å²) in [6, 6.07) is 4.73. The monoisotopic (exact) mass is 458 g/mol. The molecule has 2 atom stereocenters. The lowest BCUT2D eigenvalue weighted by Crippen LogP contribution is -2.56. The van der Waals surface area contributed by atoms with Crippen molar-refractivity contribution in [3.05, 3.63) is 18.3 Å². The van der Waals surface area contributed by atoms with Crippen LogP contribution in [-0.4, -0.2) is 78.2 Å². The summed E-state index contributed by atoms with van der Waals surface area (Å²) in [6.45, 7) is 9.25. The van der Waals surface area contributed by atoms with Crippen molar-refractivity contribution in [2.45, 2.75) is 95.3 Å².